The molecule has 0 fully saturated rings. The minimum Gasteiger partial charge on any atom is -0.343 e. The van der Waals surface area contributed by atoms with Crippen LogP contribution in [0.25, 0.3) is 11.1 Å². The zero-order valence-corrected chi connectivity index (χ0v) is 16.0. The van der Waals surface area contributed by atoms with Gasteiger partial charge in [-0.2, -0.15) is 0 Å². The molecule has 0 atom stereocenters. The number of nitrogens with one attached hydrogen (secondary N) is 2. The molecule has 0 aliphatic heterocycles. The van der Waals surface area contributed by atoms with Crippen LogP contribution >= 0.6 is 0 Å². The molecule has 0 saturated heterocycles. The zero-order chi connectivity index (χ0) is 19.7. The van der Waals surface area contributed by atoms with Crippen LogP contribution in [0.15, 0.2) is 60.7 Å². The largest absolute Gasteiger partial charge is 0.343 e. The molecule has 0 unspecified atom stereocenters. The normalized spacial score (nSPS) is 11.5. The standard InChI is InChI=1S/C24H22N2O2/c1-15-9-16(2)11-19(10-15)24(28)25-14-23(27)26-20-7-8-22-18(13-20)12-17-5-3-4-6-21(17)22/h3-11,13H,12,14H2,1-2H3,(H,25,28)(H,26,27). The molecule has 0 bridgehead atoms. The zero-order valence-electron chi connectivity index (χ0n) is 16.0. The molecule has 4 rings (SSSR count). The summed E-state index contributed by atoms with van der Waals surface area (Å²) in [5, 5.41) is 5.56. The van der Waals surface area contributed by atoms with Crippen LogP contribution in [0, 0.1) is 13.8 Å². The highest BCUT2D eigenvalue weighted by atomic mass is 16.2. The van der Waals surface area contributed by atoms with Crippen molar-refractivity contribution in [3.8, 4) is 11.1 Å². The van der Waals surface area contributed by atoms with Crippen molar-refractivity contribution in [3.05, 3.63) is 88.5 Å². The Labute approximate surface area is 164 Å². The van der Waals surface area contributed by atoms with Gasteiger partial charge in [-0.1, -0.05) is 47.5 Å². The van der Waals surface area contributed by atoms with Gasteiger partial charge in [0.25, 0.3) is 5.91 Å². The second-order valence-corrected chi connectivity index (χ2v) is 7.31. The van der Waals surface area contributed by atoms with E-state index in [1.165, 1.54) is 22.3 Å². The minimum absolute atomic E-state index is 0.0663. The molecule has 0 heterocycles. The Morgan fingerprint density at radius 3 is 2.36 bits per heavy atom. The van der Waals surface area contributed by atoms with Gasteiger partial charge in [0, 0.05) is 11.3 Å². The van der Waals surface area contributed by atoms with E-state index in [1.54, 1.807) is 0 Å². The second kappa shape index (κ2) is 7.31. The highest BCUT2D eigenvalue weighted by Crippen LogP contribution is 2.37. The van der Waals surface area contributed by atoms with Crippen LogP contribution in [0.5, 0.6) is 0 Å². The van der Waals surface area contributed by atoms with Gasteiger partial charge in [-0.25, -0.2) is 0 Å². The van der Waals surface area contributed by atoms with Crippen molar-refractivity contribution in [2.45, 2.75) is 20.3 Å². The molecular formula is C24H22N2O2. The first-order chi connectivity index (χ1) is 13.5. The lowest BCUT2D eigenvalue weighted by molar-refractivity contribution is -0.115. The number of aryl methyl sites for hydroxylation is 2. The number of rotatable bonds is 4. The SMILES string of the molecule is Cc1cc(C)cc(C(=O)NCC(=O)Nc2ccc3c(c2)Cc2ccccc2-3)c1. The summed E-state index contributed by atoms with van der Waals surface area (Å²) >= 11 is 0. The van der Waals surface area contributed by atoms with Crippen molar-refractivity contribution in [3.63, 3.8) is 0 Å². The van der Waals surface area contributed by atoms with Crippen molar-refractivity contribution < 1.29 is 9.59 Å². The number of hydrogen-bond acceptors (Lipinski definition) is 2. The molecule has 1 aliphatic carbocycles. The second-order valence-electron chi connectivity index (χ2n) is 7.31. The predicted octanol–water partition coefficient (Wildman–Crippen LogP) is 4.24. The Kier molecular flexibility index (Phi) is 4.70. The number of amides is 2. The summed E-state index contributed by atoms with van der Waals surface area (Å²) in [7, 11) is 0. The van der Waals surface area contributed by atoms with Crippen molar-refractivity contribution in [1.29, 1.82) is 0 Å². The van der Waals surface area contributed by atoms with E-state index in [0.29, 0.717) is 5.56 Å². The topological polar surface area (TPSA) is 58.2 Å². The molecule has 0 radical (unpaired) electrons. The Morgan fingerprint density at radius 1 is 0.857 bits per heavy atom. The monoisotopic (exact) mass is 370 g/mol. The van der Waals surface area contributed by atoms with Gasteiger partial charge in [0.2, 0.25) is 5.91 Å². The number of carbonyl (C=O) groups excluding carboxylic acids is 2. The first-order valence-electron chi connectivity index (χ1n) is 9.37. The van der Waals surface area contributed by atoms with Gasteiger partial charge in [0.05, 0.1) is 6.54 Å². The highest BCUT2D eigenvalue weighted by Gasteiger charge is 2.18. The fourth-order valence-electron chi connectivity index (χ4n) is 3.80. The molecule has 0 saturated carbocycles. The van der Waals surface area contributed by atoms with E-state index in [2.05, 4.69) is 22.8 Å². The van der Waals surface area contributed by atoms with E-state index < -0.39 is 0 Å². The van der Waals surface area contributed by atoms with Crippen LogP contribution in [0.3, 0.4) is 0 Å². The van der Waals surface area contributed by atoms with E-state index in [9.17, 15) is 9.59 Å². The van der Waals surface area contributed by atoms with Gasteiger partial charge >= 0.3 is 0 Å². The van der Waals surface area contributed by atoms with Crippen LogP contribution in [0.2, 0.25) is 0 Å². The summed E-state index contributed by atoms with van der Waals surface area (Å²) in [5.41, 5.74) is 8.35. The first-order valence-corrected chi connectivity index (χ1v) is 9.37. The van der Waals surface area contributed by atoms with E-state index in [4.69, 9.17) is 0 Å². The lowest BCUT2D eigenvalue weighted by atomic mass is 10.1. The Bertz CT molecular complexity index is 1070. The van der Waals surface area contributed by atoms with Crippen molar-refractivity contribution in [2.24, 2.45) is 0 Å². The molecule has 140 valence electrons. The number of fused-ring (bicyclic) bond motifs is 3. The maximum atomic E-state index is 12.3. The van der Waals surface area contributed by atoms with E-state index >= 15 is 0 Å². The quantitative estimate of drug-likeness (QED) is 0.564. The fraction of sp³-hybridized carbons (Fsp3) is 0.167. The third kappa shape index (κ3) is 3.67. The van der Waals surface area contributed by atoms with E-state index in [1.807, 2.05) is 62.4 Å². The molecule has 28 heavy (non-hydrogen) atoms. The summed E-state index contributed by atoms with van der Waals surface area (Å²) in [6.45, 7) is 3.83. The fourth-order valence-corrected chi connectivity index (χ4v) is 3.80. The first kappa shape index (κ1) is 18.0. The maximum Gasteiger partial charge on any atom is 0.251 e. The number of anilines is 1. The Morgan fingerprint density at radius 2 is 1.57 bits per heavy atom. The molecular weight excluding hydrogens is 348 g/mol. The average molecular weight is 370 g/mol. The van der Waals surface area contributed by atoms with Crippen LogP contribution < -0.4 is 10.6 Å². The van der Waals surface area contributed by atoms with Crippen molar-refractivity contribution >= 4 is 17.5 Å². The van der Waals surface area contributed by atoms with Crippen molar-refractivity contribution in [2.75, 3.05) is 11.9 Å². The van der Waals surface area contributed by atoms with Gasteiger partial charge in [0.1, 0.15) is 0 Å². The molecule has 2 N–H and O–H groups in total. The van der Waals surface area contributed by atoms with Gasteiger partial charge < -0.3 is 10.6 Å². The maximum absolute atomic E-state index is 12.3. The molecule has 2 amide bonds. The molecule has 0 aromatic heterocycles. The van der Waals surface area contributed by atoms with Gasteiger partial charge in [-0.15, -0.1) is 0 Å². The van der Waals surface area contributed by atoms with Gasteiger partial charge in [-0.05, 0) is 66.8 Å². The molecule has 1 aliphatic rings. The number of benzene rings is 3. The van der Waals surface area contributed by atoms with Crippen LogP contribution in [0.4, 0.5) is 5.69 Å². The average Bonchev–Trinajstić information content (AvgIpc) is 3.03. The van der Waals surface area contributed by atoms with E-state index in [-0.39, 0.29) is 18.4 Å². The van der Waals surface area contributed by atoms with Crippen LogP contribution in [-0.4, -0.2) is 18.4 Å². The number of carbonyl (C=O) groups is 2. The highest BCUT2D eigenvalue weighted by molar-refractivity contribution is 5.99. The summed E-state index contributed by atoms with van der Waals surface area (Å²) in [5.74, 6) is -0.487. The molecule has 3 aromatic rings. The van der Waals surface area contributed by atoms with Gasteiger partial charge in [0.15, 0.2) is 0 Å². The molecule has 3 aromatic carbocycles. The third-order valence-electron chi connectivity index (χ3n) is 4.97. The van der Waals surface area contributed by atoms with Crippen molar-refractivity contribution in [1.82, 2.24) is 5.32 Å². The minimum atomic E-state index is -0.244. The summed E-state index contributed by atoms with van der Waals surface area (Å²) in [4.78, 5) is 24.6. The molecule has 4 nitrogen and oxygen atoms in total. The van der Waals surface area contributed by atoms with Crippen LogP contribution in [-0.2, 0) is 11.2 Å². The molecule has 0 spiro atoms. The summed E-state index contributed by atoms with van der Waals surface area (Å²) in [6, 6.07) is 20.0. The lowest BCUT2D eigenvalue weighted by Gasteiger charge is -2.09. The summed E-state index contributed by atoms with van der Waals surface area (Å²) < 4.78 is 0. The number of hydrogen-bond donors (Lipinski definition) is 2. The van der Waals surface area contributed by atoms with Crippen LogP contribution in [0.1, 0.15) is 32.6 Å². The predicted molar refractivity (Wildman–Crippen MR) is 112 cm³/mol. The van der Waals surface area contributed by atoms with E-state index in [0.717, 1.165) is 23.2 Å². The smallest absolute Gasteiger partial charge is 0.251 e. The lowest BCUT2D eigenvalue weighted by Crippen LogP contribution is -2.32. The third-order valence-corrected chi connectivity index (χ3v) is 4.97. The van der Waals surface area contributed by atoms with Gasteiger partial charge in [-0.3, -0.25) is 9.59 Å². The Balaban J connectivity index is 1.38. The Hall–Kier alpha value is -3.40. The molecule has 4 heteroatoms. The summed E-state index contributed by atoms with van der Waals surface area (Å²) in [6.07, 6.45) is 0.874.